The van der Waals surface area contributed by atoms with Crippen molar-refractivity contribution in [3.8, 4) is 0 Å². The molecule has 26 heavy (non-hydrogen) atoms. The Morgan fingerprint density at radius 1 is 1.42 bits per heavy atom. The highest BCUT2D eigenvalue weighted by Crippen LogP contribution is 2.30. The first-order valence-electron chi connectivity index (χ1n) is 7.92. The van der Waals surface area contributed by atoms with Crippen LogP contribution in [-0.4, -0.2) is 40.8 Å². The number of likely N-dealkylation sites (N-methyl/N-ethyl adjacent to an activating group) is 1. The number of halogens is 4. The maximum absolute atomic E-state index is 13.0. The number of aromatic nitrogens is 2. The van der Waals surface area contributed by atoms with Crippen molar-refractivity contribution in [1.29, 1.82) is 0 Å². The molecule has 1 N–H and O–H groups in total. The molecule has 0 saturated heterocycles. The van der Waals surface area contributed by atoms with Gasteiger partial charge in [0, 0.05) is 43.8 Å². The van der Waals surface area contributed by atoms with Gasteiger partial charge in [-0.15, -0.1) is 35.3 Å². The van der Waals surface area contributed by atoms with E-state index in [0.717, 1.165) is 13.0 Å². The highest BCUT2D eigenvalue weighted by atomic mass is 127. The number of aliphatic imine (C=N–C) groups is 1. The average molecular weight is 501 g/mol. The van der Waals surface area contributed by atoms with Crippen LogP contribution >= 0.6 is 35.3 Å². The third-order valence-electron chi connectivity index (χ3n) is 3.54. The summed E-state index contributed by atoms with van der Waals surface area (Å²) in [6.45, 7) is 3.22. The fourth-order valence-electron chi connectivity index (χ4n) is 2.36. The number of rotatable bonds is 6. The molecule has 5 nitrogen and oxygen atoms in total. The van der Waals surface area contributed by atoms with Gasteiger partial charge in [-0.2, -0.15) is 18.3 Å². The molecule has 0 amide bonds. The van der Waals surface area contributed by atoms with Crippen molar-refractivity contribution in [2.45, 2.75) is 26.1 Å². The molecule has 0 saturated carbocycles. The zero-order valence-corrected chi connectivity index (χ0v) is 18.0. The third-order valence-corrected chi connectivity index (χ3v) is 4.48. The van der Waals surface area contributed by atoms with Gasteiger partial charge in [0.25, 0.3) is 0 Å². The Labute approximate surface area is 172 Å². The number of hydrogen-bond acceptors (Lipinski definition) is 3. The van der Waals surface area contributed by atoms with Crippen LogP contribution in [0.3, 0.4) is 0 Å². The predicted octanol–water partition coefficient (Wildman–Crippen LogP) is 3.76. The van der Waals surface area contributed by atoms with Crippen LogP contribution in [0.25, 0.3) is 0 Å². The van der Waals surface area contributed by atoms with E-state index < -0.39 is 11.9 Å². The molecule has 0 aliphatic rings. The van der Waals surface area contributed by atoms with Crippen molar-refractivity contribution >= 4 is 41.3 Å². The number of thiophene rings is 1. The standard InChI is InChI=1S/C16H22F3N5S.HI/c1-4-20-15(23(2)8-7-13-6-5-9-25-13)21-10-12-11-24(3)22-14(12)16(17,18)19;/h5-6,9,11H,4,7-8,10H2,1-3H3,(H,20,21);1H. The molecule has 2 heterocycles. The Balaban J connectivity index is 0.00000338. The van der Waals surface area contributed by atoms with Crippen molar-refractivity contribution in [2.24, 2.45) is 12.0 Å². The molecule has 2 rings (SSSR count). The van der Waals surface area contributed by atoms with Gasteiger partial charge < -0.3 is 10.2 Å². The van der Waals surface area contributed by atoms with Crippen molar-refractivity contribution in [1.82, 2.24) is 20.0 Å². The SMILES string of the molecule is CCNC(=NCc1cn(C)nc1C(F)(F)F)N(C)CCc1cccs1.I. The lowest BCUT2D eigenvalue weighted by Crippen LogP contribution is -2.39. The van der Waals surface area contributed by atoms with Crippen molar-refractivity contribution in [3.63, 3.8) is 0 Å². The summed E-state index contributed by atoms with van der Waals surface area (Å²) in [7, 11) is 3.35. The minimum atomic E-state index is -4.48. The van der Waals surface area contributed by atoms with Crippen LogP contribution in [0, 0.1) is 0 Å². The highest BCUT2D eigenvalue weighted by molar-refractivity contribution is 14.0. The van der Waals surface area contributed by atoms with E-state index in [0.29, 0.717) is 12.5 Å². The molecule has 0 atom stereocenters. The smallest absolute Gasteiger partial charge is 0.357 e. The Kier molecular flexibility index (Phi) is 8.87. The van der Waals surface area contributed by atoms with Crippen LogP contribution in [0.2, 0.25) is 0 Å². The van der Waals surface area contributed by atoms with Gasteiger partial charge in [-0.1, -0.05) is 6.07 Å². The van der Waals surface area contributed by atoms with E-state index in [9.17, 15) is 13.2 Å². The lowest BCUT2D eigenvalue weighted by Gasteiger charge is -2.21. The normalized spacial score (nSPS) is 12.0. The van der Waals surface area contributed by atoms with Gasteiger partial charge in [0.1, 0.15) is 0 Å². The maximum atomic E-state index is 13.0. The van der Waals surface area contributed by atoms with Crippen molar-refractivity contribution in [2.75, 3.05) is 20.1 Å². The van der Waals surface area contributed by atoms with Crippen molar-refractivity contribution < 1.29 is 13.2 Å². The minimum absolute atomic E-state index is 0. The first-order valence-corrected chi connectivity index (χ1v) is 8.80. The molecule has 10 heteroatoms. The summed E-state index contributed by atoms with van der Waals surface area (Å²) in [6.07, 6.45) is -2.25. The maximum Gasteiger partial charge on any atom is 0.435 e. The molecule has 0 bridgehead atoms. The number of nitrogens with one attached hydrogen (secondary N) is 1. The first kappa shape index (κ1) is 22.7. The summed E-state index contributed by atoms with van der Waals surface area (Å²) in [5.74, 6) is 0.580. The summed E-state index contributed by atoms with van der Waals surface area (Å²) in [5, 5.41) is 8.65. The summed E-state index contributed by atoms with van der Waals surface area (Å²) in [4.78, 5) is 7.53. The Morgan fingerprint density at radius 3 is 2.73 bits per heavy atom. The number of guanidine groups is 1. The molecule has 2 aromatic rings. The van der Waals surface area contributed by atoms with E-state index in [1.54, 1.807) is 11.3 Å². The molecule has 0 unspecified atom stereocenters. The number of nitrogens with zero attached hydrogens (tertiary/aromatic N) is 4. The van der Waals surface area contributed by atoms with E-state index in [-0.39, 0.29) is 36.1 Å². The van der Waals surface area contributed by atoms with Gasteiger partial charge in [-0.25, -0.2) is 4.99 Å². The quantitative estimate of drug-likeness (QED) is 0.373. The highest BCUT2D eigenvalue weighted by Gasteiger charge is 2.36. The molecule has 2 aromatic heterocycles. The van der Waals surface area contributed by atoms with Crippen molar-refractivity contribution in [3.05, 3.63) is 39.8 Å². The van der Waals surface area contributed by atoms with Gasteiger partial charge in [-0.05, 0) is 24.8 Å². The van der Waals surface area contributed by atoms with Crippen LogP contribution in [0.4, 0.5) is 13.2 Å². The second-order valence-electron chi connectivity index (χ2n) is 5.60. The van der Waals surface area contributed by atoms with Gasteiger partial charge in [0.05, 0.1) is 6.54 Å². The van der Waals surface area contributed by atoms with Gasteiger partial charge in [-0.3, -0.25) is 4.68 Å². The van der Waals surface area contributed by atoms with E-state index in [1.165, 1.54) is 22.8 Å². The second kappa shape index (κ2) is 10.1. The number of alkyl halides is 3. The van der Waals surface area contributed by atoms with Crippen LogP contribution in [0.5, 0.6) is 0 Å². The largest absolute Gasteiger partial charge is 0.435 e. The average Bonchev–Trinajstić information content (AvgIpc) is 3.17. The first-order chi connectivity index (χ1) is 11.8. The van der Waals surface area contributed by atoms with Gasteiger partial charge in [0.2, 0.25) is 0 Å². The Hall–Kier alpha value is -1.30. The van der Waals surface area contributed by atoms with E-state index in [1.807, 2.05) is 30.3 Å². The van der Waals surface area contributed by atoms with E-state index in [2.05, 4.69) is 21.5 Å². The Bertz CT molecular complexity index is 697. The van der Waals surface area contributed by atoms with Crippen LogP contribution in [0.1, 0.15) is 23.1 Å². The summed E-state index contributed by atoms with van der Waals surface area (Å²) >= 11 is 1.68. The topological polar surface area (TPSA) is 45.5 Å². The Morgan fingerprint density at radius 2 is 2.15 bits per heavy atom. The molecular weight excluding hydrogens is 478 g/mol. The third kappa shape index (κ3) is 6.45. The van der Waals surface area contributed by atoms with Crippen LogP contribution in [0.15, 0.2) is 28.7 Å². The van der Waals surface area contributed by atoms with Crippen LogP contribution in [-0.2, 0) is 26.2 Å². The fourth-order valence-corrected chi connectivity index (χ4v) is 3.06. The fraction of sp³-hybridized carbons (Fsp3) is 0.500. The molecular formula is C16H23F3IN5S. The zero-order valence-electron chi connectivity index (χ0n) is 14.9. The summed E-state index contributed by atoms with van der Waals surface area (Å²) in [6, 6.07) is 4.06. The predicted molar refractivity (Wildman–Crippen MR) is 109 cm³/mol. The van der Waals surface area contributed by atoms with Crippen LogP contribution < -0.4 is 5.32 Å². The number of aryl methyl sites for hydroxylation is 1. The monoisotopic (exact) mass is 501 g/mol. The van der Waals surface area contributed by atoms with E-state index >= 15 is 0 Å². The minimum Gasteiger partial charge on any atom is -0.357 e. The molecule has 146 valence electrons. The van der Waals surface area contributed by atoms with Gasteiger partial charge >= 0.3 is 6.18 Å². The molecule has 0 radical (unpaired) electrons. The molecule has 0 fully saturated rings. The molecule has 0 spiro atoms. The lowest BCUT2D eigenvalue weighted by atomic mass is 10.2. The number of hydrogen-bond donors (Lipinski definition) is 1. The molecule has 0 aliphatic carbocycles. The molecule has 0 aliphatic heterocycles. The molecule has 0 aromatic carbocycles. The van der Waals surface area contributed by atoms with Gasteiger partial charge in [0.15, 0.2) is 11.7 Å². The lowest BCUT2D eigenvalue weighted by molar-refractivity contribution is -0.142. The summed E-state index contributed by atoms with van der Waals surface area (Å²) in [5.41, 5.74) is -0.812. The summed E-state index contributed by atoms with van der Waals surface area (Å²) < 4.78 is 40.2. The van der Waals surface area contributed by atoms with E-state index in [4.69, 9.17) is 0 Å². The zero-order chi connectivity index (χ0) is 18.4. The second-order valence-corrected chi connectivity index (χ2v) is 6.63.